The van der Waals surface area contributed by atoms with Gasteiger partial charge in [-0.25, -0.2) is 0 Å². The first-order chi connectivity index (χ1) is 9.04. The maximum atomic E-state index is 12.7. The fourth-order valence-electron chi connectivity index (χ4n) is 2.99. The normalized spacial score (nSPS) is 23.8. The number of nitrogens with zero attached hydrogens (tertiary/aromatic N) is 2. The van der Waals surface area contributed by atoms with Gasteiger partial charge in [0, 0.05) is 12.0 Å². The first-order valence-corrected chi connectivity index (χ1v) is 7.69. The van der Waals surface area contributed by atoms with Crippen molar-refractivity contribution in [2.45, 2.75) is 58.9 Å². The first-order valence-electron chi connectivity index (χ1n) is 7.31. The van der Waals surface area contributed by atoms with E-state index in [-0.39, 0.29) is 17.7 Å². The molecule has 1 aliphatic carbocycles. The number of carbonyl (C=O) groups excluding carboxylic acids is 1. The van der Waals surface area contributed by atoms with Gasteiger partial charge in [0.15, 0.2) is 5.78 Å². The van der Waals surface area contributed by atoms with Gasteiger partial charge in [0.1, 0.15) is 5.69 Å². The molecule has 1 aromatic rings. The van der Waals surface area contributed by atoms with Crippen LogP contribution in [0.3, 0.4) is 0 Å². The molecule has 1 heterocycles. The van der Waals surface area contributed by atoms with Crippen LogP contribution in [0.5, 0.6) is 0 Å². The van der Waals surface area contributed by atoms with Crippen molar-refractivity contribution >= 4 is 17.4 Å². The van der Waals surface area contributed by atoms with Crippen LogP contribution in [0.1, 0.15) is 69.4 Å². The van der Waals surface area contributed by atoms with Crippen molar-refractivity contribution in [3.63, 3.8) is 0 Å². The Morgan fingerprint density at radius 2 is 2.05 bits per heavy atom. The monoisotopic (exact) mass is 282 g/mol. The highest BCUT2D eigenvalue weighted by Crippen LogP contribution is 2.34. The van der Waals surface area contributed by atoms with Crippen molar-refractivity contribution in [3.8, 4) is 0 Å². The van der Waals surface area contributed by atoms with Crippen LogP contribution in [0, 0.1) is 11.8 Å². The van der Waals surface area contributed by atoms with Gasteiger partial charge in [-0.2, -0.15) is 5.10 Å². The Morgan fingerprint density at radius 3 is 2.58 bits per heavy atom. The minimum atomic E-state index is 0.134. The molecule has 0 bridgehead atoms. The number of rotatable bonds is 4. The van der Waals surface area contributed by atoms with Gasteiger partial charge in [0.25, 0.3) is 0 Å². The molecule has 0 spiro atoms. The van der Waals surface area contributed by atoms with Crippen molar-refractivity contribution in [1.29, 1.82) is 0 Å². The minimum absolute atomic E-state index is 0.134. The number of aromatic nitrogens is 2. The van der Waals surface area contributed by atoms with E-state index in [9.17, 15) is 4.79 Å². The van der Waals surface area contributed by atoms with Crippen LogP contribution in [0.15, 0.2) is 6.20 Å². The number of carbonyl (C=O) groups is 1. The van der Waals surface area contributed by atoms with Crippen LogP contribution in [0.25, 0.3) is 0 Å². The molecule has 0 N–H and O–H groups in total. The Bertz CT molecular complexity index is 445. The summed E-state index contributed by atoms with van der Waals surface area (Å²) >= 11 is 6.15. The molecule has 19 heavy (non-hydrogen) atoms. The molecule has 1 aromatic heterocycles. The number of Topliss-reactive ketones (excluding diaryl/α,β-unsaturated/α-hetero) is 1. The second kappa shape index (κ2) is 6.08. The van der Waals surface area contributed by atoms with Gasteiger partial charge in [-0.1, -0.05) is 24.9 Å². The third-order valence-corrected chi connectivity index (χ3v) is 4.54. The average Bonchev–Trinajstić information content (AvgIpc) is 2.80. The molecule has 0 saturated heterocycles. The van der Waals surface area contributed by atoms with Crippen molar-refractivity contribution in [3.05, 3.63) is 16.9 Å². The van der Waals surface area contributed by atoms with Crippen molar-refractivity contribution in [2.24, 2.45) is 11.8 Å². The van der Waals surface area contributed by atoms with Crippen LogP contribution >= 0.6 is 11.6 Å². The highest BCUT2D eigenvalue weighted by molar-refractivity contribution is 6.33. The lowest BCUT2D eigenvalue weighted by molar-refractivity contribution is 0.0858. The summed E-state index contributed by atoms with van der Waals surface area (Å²) < 4.78 is 1.76. The third kappa shape index (κ3) is 3.02. The molecule has 0 radical (unpaired) electrons. The fraction of sp³-hybridized carbons (Fsp3) is 0.733. The average molecular weight is 283 g/mol. The molecule has 106 valence electrons. The van der Waals surface area contributed by atoms with E-state index >= 15 is 0 Å². The summed E-state index contributed by atoms with van der Waals surface area (Å²) in [6.07, 6.45) is 7.15. The standard InChI is InChI=1S/C15H23ClN2O/c1-4-11-5-7-12(8-6-11)15(19)14-13(16)9-17-18(14)10(2)3/h9-12H,4-8H2,1-3H3. The van der Waals surface area contributed by atoms with Crippen LogP contribution in [0.2, 0.25) is 5.02 Å². The lowest BCUT2D eigenvalue weighted by atomic mass is 9.78. The summed E-state index contributed by atoms with van der Waals surface area (Å²) in [6.45, 7) is 6.28. The fourth-order valence-corrected chi connectivity index (χ4v) is 3.21. The summed E-state index contributed by atoms with van der Waals surface area (Å²) in [5.74, 6) is 1.12. The Kier molecular flexibility index (Phi) is 4.67. The van der Waals surface area contributed by atoms with Gasteiger partial charge in [0.2, 0.25) is 0 Å². The molecule has 0 aromatic carbocycles. The van der Waals surface area contributed by atoms with Gasteiger partial charge < -0.3 is 0 Å². The van der Waals surface area contributed by atoms with E-state index in [0.717, 1.165) is 18.8 Å². The Morgan fingerprint density at radius 1 is 1.42 bits per heavy atom. The van der Waals surface area contributed by atoms with E-state index in [2.05, 4.69) is 12.0 Å². The van der Waals surface area contributed by atoms with Gasteiger partial charge in [0.05, 0.1) is 11.2 Å². The quantitative estimate of drug-likeness (QED) is 0.761. The predicted octanol–water partition coefficient (Wildman–Crippen LogP) is 4.52. The summed E-state index contributed by atoms with van der Waals surface area (Å²) in [4.78, 5) is 12.7. The van der Waals surface area contributed by atoms with E-state index in [0.29, 0.717) is 10.7 Å². The van der Waals surface area contributed by atoms with E-state index in [1.54, 1.807) is 10.9 Å². The van der Waals surface area contributed by atoms with Crippen molar-refractivity contribution < 1.29 is 4.79 Å². The topological polar surface area (TPSA) is 34.9 Å². The maximum absolute atomic E-state index is 12.7. The van der Waals surface area contributed by atoms with E-state index in [1.807, 2.05) is 13.8 Å². The number of hydrogen-bond acceptors (Lipinski definition) is 2. The smallest absolute Gasteiger partial charge is 0.185 e. The molecular weight excluding hydrogens is 260 g/mol. The van der Waals surface area contributed by atoms with Crippen molar-refractivity contribution in [1.82, 2.24) is 9.78 Å². The van der Waals surface area contributed by atoms with Crippen LogP contribution in [0.4, 0.5) is 0 Å². The maximum Gasteiger partial charge on any atom is 0.185 e. The highest BCUT2D eigenvalue weighted by atomic mass is 35.5. The Labute approximate surface area is 120 Å². The number of ketones is 1. The number of halogens is 1. The molecule has 0 unspecified atom stereocenters. The molecule has 0 atom stereocenters. The van der Waals surface area contributed by atoms with Gasteiger partial charge >= 0.3 is 0 Å². The van der Waals surface area contributed by atoms with Gasteiger partial charge in [-0.05, 0) is 45.4 Å². The number of hydrogen-bond donors (Lipinski definition) is 0. The minimum Gasteiger partial charge on any atom is -0.292 e. The molecule has 1 aliphatic rings. The van der Waals surface area contributed by atoms with E-state index < -0.39 is 0 Å². The van der Waals surface area contributed by atoms with Crippen LogP contribution in [-0.4, -0.2) is 15.6 Å². The van der Waals surface area contributed by atoms with E-state index in [1.165, 1.54) is 19.3 Å². The Balaban J connectivity index is 2.14. The molecule has 0 amide bonds. The lowest BCUT2D eigenvalue weighted by Gasteiger charge is -2.27. The predicted molar refractivity (Wildman–Crippen MR) is 77.7 cm³/mol. The van der Waals surface area contributed by atoms with Crippen molar-refractivity contribution in [2.75, 3.05) is 0 Å². The molecule has 0 aliphatic heterocycles. The summed E-state index contributed by atoms with van der Waals surface area (Å²) in [6, 6.07) is 0.165. The van der Waals surface area contributed by atoms with Gasteiger partial charge in [-0.3, -0.25) is 9.48 Å². The molecular formula is C15H23ClN2O. The summed E-state index contributed by atoms with van der Waals surface area (Å²) in [5, 5.41) is 4.72. The molecule has 3 nitrogen and oxygen atoms in total. The molecule has 1 fully saturated rings. The second-order valence-electron chi connectivity index (χ2n) is 5.87. The van der Waals surface area contributed by atoms with Crippen LogP contribution < -0.4 is 0 Å². The zero-order valence-corrected chi connectivity index (χ0v) is 12.8. The second-order valence-corrected chi connectivity index (χ2v) is 6.28. The zero-order valence-electron chi connectivity index (χ0n) is 12.0. The summed E-state index contributed by atoms with van der Waals surface area (Å²) in [5.41, 5.74) is 0.608. The van der Waals surface area contributed by atoms with Gasteiger partial charge in [-0.15, -0.1) is 0 Å². The SMILES string of the molecule is CCC1CCC(C(=O)c2c(Cl)cnn2C(C)C)CC1. The third-order valence-electron chi connectivity index (χ3n) is 4.27. The Hall–Kier alpha value is -0.830. The molecule has 1 saturated carbocycles. The lowest BCUT2D eigenvalue weighted by Crippen LogP contribution is -2.25. The first kappa shape index (κ1) is 14.6. The highest BCUT2D eigenvalue weighted by Gasteiger charge is 2.30. The van der Waals surface area contributed by atoms with E-state index in [4.69, 9.17) is 11.6 Å². The summed E-state index contributed by atoms with van der Waals surface area (Å²) in [7, 11) is 0. The molecule has 4 heteroatoms. The molecule has 2 rings (SSSR count). The van der Waals surface area contributed by atoms with Crippen LogP contribution in [-0.2, 0) is 0 Å². The largest absolute Gasteiger partial charge is 0.292 e. The zero-order chi connectivity index (χ0) is 14.0.